The summed E-state index contributed by atoms with van der Waals surface area (Å²) in [5.74, 6) is 1.58. The van der Waals surface area contributed by atoms with Gasteiger partial charge in [0.2, 0.25) is 5.91 Å². The molecule has 3 rings (SSSR count). The molecule has 1 aliphatic heterocycles. The number of nitrogens with zero attached hydrogens (tertiary/aromatic N) is 2. The van der Waals surface area contributed by atoms with Crippen molar-refractivity contribution >= 4 is 17.2 Å². The number of rotatable bonds is 12. The van der Waals surface area contributed by atoms with Crippen molar-refractivity contribution in [3.05, 3.63) is 46.2 Å². The van der Waals surface area contributed by atoms with E-state index in [1.807, 2.05) is 34.1 Å². The van der Waals surface area contributed by atoms with Crippen LogP contribution in [0.2, 0.25) is 0 Å². The SMILES string of the molecule is CCCN(CC(=O)N1CCc2sccc2[C@H]1COc1ccc(OC)cc1)C[C@H](O)COC. The maximum absolute atomic E-state index is 13.4. The Labute approximate surface area is 194 Å². The quantitative estimate of drug-likeness (QED) is 0.523. The van der Waals surface area contributed by atoms with Gasteiger partial charge in [0.25, 0.3) is 0 Å². The highest BCUT2D eigenvalue weighted by molar-refractivity contribution is 7.10. The van der Waals surface area contributed by atoms with Crippen LogP contribution in [-0.2, 0) is 16.0 Å². The zero-order valence-corrected chi connectivity index (χ0v) is 20.0. The highest BCUT2D eigenvalue weighted by atomic mass is 32.1. The predicted octanol–water partition coefficient (Wildman–Crippen LogP) is 2.98. The standard InChI is InChI=1S/C24H34N2O5S/c1-4-11-25(14-18(27)16-29-2)15-24(28)26-12-9-23-21(10-13-32-23)22(26)17-31-20-7-5-19(30-3)6-8-20/h5-8,10,13,18,22,27H,4,9,11-12,14-17H2,1-3H3/t18-,22+/m0/s1. The van der Waals surface area contributed by atoms with Gasteiger partial charge in [-0.1, -0.05) is 6.92 Å². The molecule has 0 aliphatic carbocycles. The molecule has 2 heterocycles. The fourth-order valence-corrected chi connectivity index (χ4v) is 5.03. The topological polar surface area (TPSA) is 71.5 Å². The van der Waals surface area contributed by atoms with Crippen molar-refractivity contribution in [2.45, 2.75) is 31.9 Å². The Bertz CT molecular complexity index is 841. The number of hydrogen-bond donors (Lipinski definition) is 1. The third-order valence-electron chi connectivity index (χ3n) is 5.61. The number of thiophene rings is 1. The van der Waals surface area contributed by atoms with Crippen LogP contribution in [0.15, 0.2) is 35.7 Å². The van der Waals surface area contributed by atoms with Crippen molar-refractivity contribution < 1.29 is 24.1 Å². The van der Waals surface area contributed by atoms with Crippen LogP contribution in [0.5, 0.6) is 11.5 Å². The summed E-state index contributed by atoms with van der Waals surface area (Å²) in [4.78, 5) is 18.6. The lowest BCUT2D eigenvalue weighted by Gasteiger charge is -2.37. The van der Waals surface area contributed by atoms with Crippen LogP contribution < -0.4 is 9.47 Å². The zero-order valence-electron chi connectivity index (χ0n) is 19.2. The third-order valence-corrected chi connectivity index (χ3v) is 6.61. The Morgan fingerprint density at radius 1 is 1.25 bits per heavy atom. The number of carbonyl (C=O) groups excluding carboxylic acids is 1. The van der Waals surface area contributed by atoms with E-state index >= 15 is 0 Å². The number of fused-ring (bicyclic) bond motifs is 1. The van der Waals surface area contributed by atoms with Crippen molar-refractivity contribution in [1.82, 2.24) is 9.80 Å². The molecular formula is C24H34N2O5S. The van der Waals surface area contributed by atoms with Crippen LogP contribution in [0.3, 0.4) is 0 Å². The number of ether oxygens (including phenoxy) is 3. The molecule has 0 radical (unpaired) electrons. The van der Waals surface area contributed by atoms with Crippen molar-refractivity contribution in [1.29, 1.82) is 0 Å². The summed E-state index contributed by atoms with van der Waals surface area (Å²) in [5, 5.41) is 12.2. The predicted molar refractivity (Wildman–Crippen MR) is 126 cm³/mol. The number of aliphatic hydroxyl groups is 1. The van der Waals surface area contributed by atoms with Crippen molar-refractivity contribution in [2.24, 2.45) is 0 Å². The molecule has 0 saturated heterocycles. The molecule has 1 N–H and O–H groups in total. The summed E-state index contributed by atoms with van der Waals surface area (Å²) in [6.45, 7) is 4.83. The molecule has 0 bridgehead atoms. The van der Waals surface area contributed by atoms with Crippen LogP contribution in [0.4, 0.5) is 0 Å². The summed E-state index contributed by atoms with van der Waals surface area (Å²) in [6.07, 6.45) is 1.15. The Balaban J connectivity index is 1.70. The molecule has 7 nitrogen and oxygen atoms in total. The molecule has 176 valence electrons. The second kappa shape index (κ2) is 12.2. The van der Waals surface area contributed by atoms with Gasteiger partial charge in [0.1, 0.15) is 18.1 Å². The first-order chi connectivity index (χ1) is 15.5. The van der Waals surface area contributed by atoms with Crippen molar-refractivity contribution in [3.63, 3.8) is 0 Å². The van der Waals surface area contributed by atoms with Gasteiger partial charge in [-0.15, -0.1) is 11.3 Å². The molecule has 1 aromatic carbocycles. The molecule has 2 atom stereocenters. The summed E-state index contributed by atoms with van der Waals surface area (Å²) in [7, 11) is 3.20. The summed E-state index contributed by atoms with van der Waals surface area (Å²) in [6, 6.07) is 9.46. The first-order valence-corrected chi connectivity index (χ1v) is 12.0. The molecule has 2 aromatic rings. The first-order valence-electron chi connectivity index (χ1n) is 11.1. The van der Waals surface area contributed by atoms with Crippen molar-refractivity contribution in [2.75, 3.05) is 53.6 Å². The lowest BCUT2D eigenvalue weighted by Crippen LogP contribution is -2.48. The maximum Gasteiger partial charge on any atom is 0.237 e. The first kappa shape index (κ1) is 24.5. The average molecular weight is 463 g/mol. The lowest BCUT2D eigenvalue weighted by molar-refractivity contribution is -0.136. The molecule has 0 unspecified atom stereocenters. The van der Waals surface area contributed by atoms with E-state index in [1.165, 1.54) is 10.4 Å². The number of amides is 1. The monoisotopic (exact) mass is 462 g/mol. The minimum Gasteiger partial charge on any atom is -0.497 e. The van der Waals surface area contributed by atoms with Crippen LogP contribution >= 0.6 is 11.3 Å². The molecule has 0 saturated carbocycles. The fraction of sp³-hybridized carbons (Fsp3) is 0.542. The number of benzene rings is 1. The summed E-state index contributed by atoms with van der Waals surface area (Å²) < 4.78 is 16.3. The van der Waals surface area contributed by atoms with E-state index in [2.05, 4.69) is 18.4 Å². The second-order valence-corrected chi connectivity index (χ2v) is 8.98. The number of methoxy groups -OCH3 is 2. The molecule has 1 aliphatic rings. The zero-order chi connectivity index (χ0) is 22.9. The Morgan fingerprint density at radius 2 is 2.00 bits per heavy atom. The number of hydrogen-bond acceptors (Lipinski definition) is 7. The van der Waals surface area contributed by atoms with Crippen LogP contribution in [0.25, 0.3) is 0 Å². The van der Waals surface area contributed by atoms with Crippen LogP contribution in [-0.4, -0.2) is 80.5 Å². The molecule has 0 spiro atoms. The molecule has 1 aromatic heterocycles. The smallest absolute Gasteiger partial charge is 0.237 e. The maximum atomic E-state index is 13.4. The van der Waals surface area contributed by atoms with Gasteiger partial charge in [-0.3, -0.25) is 9.69 Å². The Morgan fingerprint density at radius 3 is 2.69 bits per heavy atom. The fourth-order valence-electron chi connectivity index (χ4n) is 4.10. The van der Waals surface area contributed by atoms with E-state index in [0.717, 1.165) is 30.9 Å². The largest absolute Gasteiger partial charge is 0.497 e. The number of aliphatic hydroxyl groups excluding tert-OH is 1. The highest BCUT2D eigenvalue weighted by Crippen LogP contribution is 2.34. The normalized spacial score (nSPS) is 16.7. The van der Waals surface area contributed by atoms with E-state index in [4.69, 9.17) is 14.2 Å². The van der Waals surface area contributed by atoms with E-state index in [1.54, 1.807) is 25.6 Å². The minimum absolute atomic E-state index is 0.0586. The van der Waals surface area contributed by atoms with Crippen molar-refractivity contribution in [3.8, 4) is 11.5 Å². The molecule has 0 fully saturated rings. The van der Waals surface area contributed by atoms with Crippen LogP contribution in [0, 0.1) is 0 Å². The third kappa shape index (κ3) is 6.45. The van der Waals surface area contributed by atoms with Gasteiger partial charge in [-0.2, -0.15) is 0 Å². The molecule has 8 heteroatoms. The molecule has 1 amide bonds. The molecular weight excluding hydrogens is 428 g/mol. The molecule has 32 heavy (non-hydrogen) atoms. The van der Waals surface area contributed by atoms with E-state index < -0.39 is 6.10 Å². The van der Waals surface area contributed by atoms with Gasteiger partial charge in [-0.25, -0.2) is 0 Å². The van der Waals surface area contributed by atoms with Gasteiger partial charge >= 0.3 is 0 Å². The van der Waals surface area contributed by atoms with Gasteiger partial charge < -0.3 is 24.2 Å². The van der Waals surface area contributed by atoms with E-state index in [0.29, 0.717) is 19.7 Å². The van der Waals surface area contributed by atoms with E-state index in [9.17, 15) is 9.90 Å². The average Bonchev–Trinajstić information content (AvgIpc) is 3.27. The summed E-state index contributed by atoms with van der Waals surface area (Å²) in [5.41, 5.74) is 1.17. The second-order valence-electron chi connectivity index (χ2n) is 7.98. The number of carbonyl (C=O) groups is 1. The van der Waals surface area contributed by atoms with Crippen LogP contribution in [0.1, 0.15) is 29.8 Å². The van der Waals surface area contributed by atoms with Gasteiger partial charge in [0.05, 0.1) is 32.4 Å². The van der Waals surface area contributed by atoms with E-state index in [-0.39, 0.29) is 25.1 Å². The Kier molecular flexibility index (Phi) is 9.35. The van der Waals surface area contributed by atoms with Gasteiger partial charge in [0, 0.05) is 25.1 Å². The van der Waals surface area contributed by atoms with Gasteiger partial charge in [-0.05, 0) is 60.7 Å². The highest BCUT2D eigenvalue weighted by Gasteiger charge is 2.33. The Hall–Kier alpha value is -2.13. The van der Waals surface area contributed by atoms with Gasteiger partial charge in [0.15, 0.2) is 0 Å². The summed E-state index contributed by atoms with van der Waals surface area (Å²) >= 11 is 1.74. The minimum atomic E-state index is -0.613. The lowest BCUT2D eigenvalue weighted by atomic mass is 10.0.